The summed E-state index contributed by atoms with van der Waals surface area (Å²) in [6.45, 7) is 13.7. The van der Waals surface area contributed by atoms with Crippen molar-refractivity contribution in [2.24, 2.45) is 11.8 Å². The van der Waals surface area contributed by atoms with E-state index in [1.54, 1.807) is 0 Å². The maximum Gasteiger partial charge on any atom is 0.407 e. The number of rotatable bonds is 12. The quantitative estimate of drug-likeness (QED) is 0.416. The van der Waals surface area contributed by atoms with Gasteiger partial charge in [0.25, 0.3) is 0 Å². The van der Waals surface area contributed by atoms with E-state index in [9.17, 15) is 14.4 Å². The highest BCUT2D eigenvalue weighted by atomic mass is 16.5. The summed E-state index contributed by atoms with van der Waals surface area (Å²) in [5.41, 5.74) is 0. The zero-order chi connectivity index (χ0) is 19.4. The normalized spacial score (nSPS) is 13.2. The van der Waals surface area contributed by atoms with Crippen molar-refractivity contribution >= 4 is 17.8 Å². The Hall–Kier alpha value is -1.85. The van der Waals surface area contributed by atoms with E-state index in [1.165, 1.54) is 6.08 Å². The third kappa shape index (κ3) is 10.6. The highest BCUT2D eigenvalue weighted by Crippen LogP contribution is 2.10. The molecule has 0 spiro atoms. The summed E-state index contributed by atoms with van der Waals surface area (Å²) in [7, 11) is 0. The summed E-state index contributed by atoms with van der Waals surface area (Å²) >= 11 is 0. The molecular formula is C19H34N2O4. The number of unbranched alkanes of at least 4 members (excludes halogenated alkanes) is 1. The third-order valence-corrected chi connectivity index (χ3v) is 3.61. The Morgan fingerprint density at radius 3 is 2.04 bits per heavy atom. The van der Waals surface area contributed by atoms with E-state index in [-0.39, 0.29) is 23.5 Å². The predicted molar refractivity (Wildman–Crippen MR) is 99.2 cm³/mol. The number of hydrogen-bond acceptors (Lipinski definition) is 4. The van der Waals surface area contributed by atoms with Crippen LogP contribution in [0.2, 0.25) is 0 Å². The average Bonchev–Trinajstić information content (AvgIpc) is 2.52. The van der Waals surface area contributed by atoms with Crippen molar-refractivity contribution in [1.29, 1.82) is 0 Å². The van der Waals surface area contributed by atoms with Crippen LogP contribution < -0.4 is 10.6 Å². The maximum absolute atomic E-state index is 12.6. The van der Waals surface area contributed by atoms with E-state index < -0.39 is 18.2 Å². The number of ether oxygens (including phenoxy) is 1. The van der Waals surface area contributed by atoms with Gasteiger partial charge in [-0.3, -0.25) is 9.59 Å². The molecule has 0 aliphatic carbocycles. The molecule has 0 radical (unpaired) electrons. The van der Waals surface area contributed by atoms with Crippen LogP contribution in [0.1, 0.15) is 60.3 Å². The van der Waals surface area contributed by atoms with Gasteiger partial charge in [-0.15, -0.1) is 0 Å². The summed E-state index contributed by atoms with van der Waals surface area (Å²) in [6, 6.07) is -1.36. The van der Waals surface area contributed by atoms with Gasteiger partial charge in [0.2, 0.25) is 5.91 Å². The van der Waals surface area contributed by atoms with Gasteiger partial charge in [0.1, 0.15) is 6.04 Å². The average molecular weight is 354 g/mol. The Kier molecular flexibility index (Phi) is 11.6. The first-order chi connectivity index (χ1) is 11.7. The van der Waals surface area contributed by atoms with Crippen LogP contribution in [-0.4, -0.2) is 36.5 Å². The molecule has 6 heteroatoms. The van der Waals surface area contributed by atoms with Crippen molar-refractivity contribution in [3.05, 3.63) is 12.7 Å². The fraction of sp³-hybridized carbons (Fsp3) is 0.737. The number of alkyl carbamates (subject to hydrolysis) is 1. The number of nitrogens with one attached hydrogen (secondary N) is 2. The molecule has 0 saturated heterocycles. The van der Waals surface area contributed by atoms with Crippen molar-refractivity contribution in [1.82, 2.24) is 10.6 Å². The van der Waals surface area contributed by atoms with Crippen molar-refractivity contribution in [2.75, 3.05) is 6.61 Å². The van der Waals surface area contributed by atoms with Crippen LogP contribution in [0, 0.1) is 11.8 Å². The van der Waals surface area contributed by atoms with Gasteiger partial charge in [0, 0.05) is 0 Å². The van der Waals surface area contributed by atoms with Gasteiger partial charge in [-0.1, -0.05) is 47.6 Å². The van der Waals surface area contributed by atoms with Crippen molar-refractivity contribution < 1.29 is 19.1 Å². The van der Waals surface area contributed by atoms with E-state index in [0.717, 1.165) is 12.8 Å². The van der Waals surface area contributed by atoms with Gasteiger partial charge in [0.05, 0.1) is 12.6 Å². The highest BCUT2D eigenvalue weighted by molar-refractivity contribution is 5.97. The molecule has 0 bridgehead atoms. The second-order valence-electron chi connectivity index (χ2n) is 7.11. The van der Waals surface area contributed by atoms with E-state index in [4.69, 9.17) is 4.74 Å². The molecule has 25 heavy (non-hydrogen) atoms. The van der Waals surface area contributed by atoms with Gasteiger partial charge in [-0.2, -0.15) is 0 Å². The molecule has 2 atom stereocenters. The summed E-state index contributed by atoms with van der Waals surface area (Å²) in [6.07, 6.45) is 3.29. The lowest BCUT2D eigenvalue weighted by atomic mass is 9.98. The Morgan fingerprint density at radius 1 is 1.00 bits per heavy atom. The molecule has 0 aromatic rings. The largest absolute Gasteiger partial charge is 0.450 e. The minimum atomic E-state index is -0.735. The molecule has 0 aliphatic heterocycles. The van der Waals surface area contributed by atoms with E-state index >= 15 is 0 Å². The number of hydrogen-bond donors (Lipinski definition) is 2. The van der Waals surface area contributed by atoms with Crippen LogP contribution >= 0.6 is 0 Å². The molecule has 0 aliphatic rings. The summed E-state index contributed by atoms with van der Waals surface area (Å²) in [4.78, 5) is 36.4. The fourth-order valence-electron chi connectivity index (χ4n) is 2.33. The van der Waals surface area contributed by atoms with Crippen LogP contribution in [0.3, 0.4) is 0 Å². The molecule has 1 unspecified atom stereocenters. The molecule has 0 saturated carbocycles. The minimum Gasteiger partial charge on any atom is -0.450 e. The molecule has 2 amide bonds. The smallest absolute Gasteiger partial charge is 0.407 e. The lowest BCUT2D eigenvalue weighted by Crippen LogP contribution is -2.52. The van der Waals surface area contributed by atoms with Crippen molar-refractivity contribution in [3.63, 3.8) is 0 Å². The van der Waals surface area contributed by atoms with Crippen LogP contribution in [0.4, 0.5) is 4.79 Å². The van der Waals surface area contributed by atoms with Crippen LogP contribution in [0.15, 0.2) is 12.7 Å². The molecule has 0 rings (SSSR count). The first kappa shape index (κ1) is 23.1. The van der Waals surface area contributed by atoms with Gasteiger partial charge in [-0.05, 0) is 37.2 Å². The molecule has 144 valence electrons. The first-order valence-electron chi connectivity index (χ1n) is 9.11. The number of carbonyl (C=O) groups excluding carboxylic acids is 3. The number of amides is 2. The first-order valence-corrected chi connectivity index (χ1v) is 9.11. The zero-order valence-corrected chi connectivity index (χ0v) is 16.3. The van der Waals surface area contributed by atoms with Gasteiger partial charge in [0.15, 0.2) is 5.78 Å². The highest BCUT2D eigenvalue weighted by Gasteiger charge is 2.27. The summed E-state index contributed by atoms with van der Waals surface area (Å²) in [5.74, 6) is -0.159. The SMILES string of the molecule is C=CC(=O)[C@H](CC(C)C)NC(=O)C(CC(C)C)NC(=O)OCCCC. The summed E-state index contributed by atoms with van der Waals surface area (Å²) in [5, 5.41) is 5.36. The topological polar surface area (TPSA) is 84.5 Å². The van der Waals surface area contributed by atoms with Crippen LogP contribution in [-0.2, 0) is 14.3 Å². The standard InChI is InChI=1S/C19H34N2O4/c1-7-9-10-25-19(24)21-16(12-14(5)6)18(23)20-15(11-13(3)4)17(22)8-2/h8,13-16H,2,7,9-12H2,1,3-6H3,(H,20,23)(H,21,24)/t15-,16?/m0/s1. The van der Waals surface area contributed by atoms with E-state index in [2.05, 4.69) is 17.2 Å². The lowest BCUT2D eigenvalue weighted by molar-refractivity contribution is -0.127. The Labute approximate surface area is 151 Å². The van der Waals surface area contributed by atoms with Gasteiger partial charge < -0.3 is 15.4 Å². The lowest BCUT2D eigenvalue weighted by Gasteiger charge is -2.24. The molecule has 0 aromatic carbocycles. The Bertz CT molecular complexity index is 447. The Morgan fingerprint density at radius 2 is 1.56 bits per heavy atom. The van der Waals surface area contributed by atoms with Crippen LogP contribution in [0.25, 0.3) is 0 Å². The van der Waals surface area contributed by atoms with Crippen molar-refractivity contribution in [2.45, 2.75) is 72.4 Å². The second-order valence-corrected chi connectivity index (χ2v) is 7.11. The zero-order valence-electron chi connectivity index (χ0n) is 16.3. The van der Waals surface area contributed by atoms with Crippen LogP contribution in [0.5, 0.6) is 0 Å². The number of carbonyl (C=O) groups is 3. The van der Waals surface area contributed by atoms with Crippen molar-refractivity contribution in [3.8, 4) is 0 Å². The molecule has 0 fully saturated rings. The van der Waals surface area contributed by atoms with Gasteiger partial charge in [-0.25, -0.2) is 4.79 Å². The molecule has 0 aromatic heterocycles. The monoisotopic (exact) mass is 354 g/mol. The molecule has 2 N–H and O–H groups in total. The van der Waals surface area contributed by atoms with E-state index in [0.29, 0.717) is 19.4 Å². The predicted octanol–water partition coefficient (Wildman–Crippen LogP) is 3.21. The Balaban J connectivity index is 4.92. The third-order valence-electron chi connectivity index (χ3n) is 3.61. The maximum atomic E-state index is 12.6. The van der Waals surface area contributed by atoms with Gasteiger partial charge >= 0.3 is 6.09 Å². The molecule has 6 nitrogen and oxygen atoms in total. The van der Waals surface area contributed by atoms with E-state index in [1.807, 2.05) is 34.6 Å². The number of ketones is 1. The summed E-state index contributed by atoms with van der Waals surface area (Å²) < 4.78 is 5.07. The molecular weight excluding hydrogens is 320 g/mol. The molecule has 0 heterocycles. The second kappa shape index (κ2) is 12.5. The minimum absolute atomic E-state index is 0.199. The fourth-order valence-corrected chi connectivity index (χ4v) is 2.33.